The van der Waals surface area contributed by atoms with E-state index in [9.17, 15) is 4.79 Å². The van der Waals surface area contributed by atoms with Crippen LogP contribution in [0.25, 0.3) is 0 Å². The summed E-state index contributed by atoms with van der Waals surface area (Å²) in [6.07, 6.45) is 1.49. The SMILES string of the molecule is COc1cccc(C=NNC(=O)COc2cccc(C)c2)c1OC. The molecule has 0 aliphatic carbocycles. The van der Waals surface area contributed by atoms with Crippen LogP contribution in [-0.2, 0) is 4.79 Å². The van der Waals surface area contributed by atoms with Gasteiger partial charge in [0.15, 0.2) is 18.1 Å². The highest BCUT2D eigenvalue weighted by molar-refractivity contribution is 5.86. The van der Waals surface area contributed by atoms with E-state index >= 15 is 0 Å². The molecule has 2 aromatic rings. The Morgan fingerprint density at radius 3 is 2.67 bits per heavy atom. The second-order valence-electron chi connectivity index (χ2n) is 4.98. The normalized spacial score (nSPS) is 10.5. The molecular formula is C18H20N2O4. The molecule has 24 heavy (non-hydrogen) atoms. The number of hydrogen-bond donors (Lipinski definition) is 1. The van der Waals surface area contributed by atoms with Gasteiger partial charge in [0.25, 0.3) is 5.91 Å². The quantitative estimate of drug-likeness (QED) is 0.626. The van der Waals surface area contributed by atoms with Crippen molar-refractivity contribution in [3.05, 3.63) is 53.6 Å². The Kier molecular flexibility index (Phi) is 6.19. The van der Waals surface area contributed by atoms with E-state index < -0.39 is 0 Å². The van der Waals surface area contributed by atoms with Gasteiger partial charge in [0.05, 0.1) is 20.4 Å². The Morgan fingerprint density at radius 2 is 1.96 bits per heavy atom. The molecule has 1 N–H and O–H groups in total. The van der Waals surface area contributed by atoms with Crippen LogP contribution in [0, 0.1) is 6.92 Å². The third-order valence-electron chi connectivity index (χ3n) is 3.19. The van der Waals surface area contributed by atoms with E-state index in [-0.39, 0.29) is 12.5 Å². The van der Waals surface area contributed by atoms with Crippen LogP contribution in [0.4, 0.5) is 0 Å². The number of rotatable bonds is 7. The lowest BCUT2D eigenvalue weighted by molar-refractivity contribution is -0.123. The smallest absolute Gasteiger partial charge is 0.277 e. The number of hydrazone groups is 1. The molecule has 0 bridgehead atoms. The van der Waals surface area contributed by atoms with Crippen molar-refractivity contribution in [1.29, 1.82) is 0 Å². The number of aryl methyl sites for hydroxylation is 1. The fourth-order valence-electron chi connectivity index (χ4n) is 2.07. The molecular weight excluding hydrogens is 308 g/mol. The number of ether oxygens (including phenoxy) is 3. The van der Waals surface area contributed by atoms with E-state index in [4.69, 9.17) is 14.2 Å². The fourth-order valence-corrected chi connectivity index (χ4v) is 2.07. The van der Waals surface area contributed by atoms with Crippen molar-refractivity contribution >= 4 is 12.1 Å². The lowest BCUT2D eigenvalue weighted by Crippen LogP contribution is -2.24. The summed E-state index contributed by atoms with van der Waals surface area (Å²) in [4.78, 5) is 11.8. The van der Waals surface area contributed by atoms with Gasteiger partial charge in [-0.1, -0.05) is 18.2 Å². The minimum absolute atomic E-state index is 0.115. The van der Waals surface area contributed by atoms with Gasteiger partial charge in [-0.15, -0.1) is 0 Å². The van der Waals surface area contributed by atoms with Crippen molar-refractivity contribution in [2.45, 2.75) is 6.92 Å². The fraction of sp³-hybridized carbons (Fsp3) is 0.222. The summed E-state index contributed by atoms with van der Waals surface area (Å²) in [6, 6.07) is 12.9. The molecule has 1 amide bonds. The van der Waals surface area contributed by atoms with E-state index in [1.807, 2.05) is 31.2 Å². The van der Waals surface area contributed by atoms with Crippen LogP contribution < -0.4 is 19.6 Å². The van der Waals surface area contributed by atoms with Gasteiger partial charge in [-0.25, -0.2) is 5.43 Å². The molecule has 2 aromatic carbocycles. The predicted octanol–water partition coefficient (Wildman–Crippen LogP) is 2.54. The number of para-hydroxylation sites is 1. The van der Waals surface area contributed by atoms with Crippen LogP contribution in [0.5, 0.6) is 17.2 Å². The highest BCUT2D eigenvalue weighted by Crippen LogP contribution is 2.29. The second-order valence-corrected chi connectivity index (χ2v) is 4.98. The lowest BCUT2D eigenvalue weighted by Gasteiger charge is -2.09. The topological polar surface area (TPSA) is 69.2 Å². The van der Waals surface area contributed by atoms with Crippen molar-refractivity contribution in [2.24, 2.45) is 5.10 Å². The van der Waals surface area contributed by atoms with Crippen molar-refractivity contribution in [3.8, 4) is 17.2 Å². The van der Waals surface area contributed by atoms with Gasteiger partial charge in [-0.05, 0) is 36.8 Å². The van der Waals surface area contributed by atoms with Crippen LogP contribution in [0.1, 0.15) is 11.1 Å². The maximum Gasteiger partial charge on any atom is 0.277 e. The van der Waals surface area contributed by atoms with E-state index in [1.54, 1.807) is 32.4 Å². The summed E-state index contributed by atoms with van der Waals surface area (Å²) >= 11 is 0. The van der Waals surface area contributed by atoms with E-state index in [2.05, 4.69) is 10.5 Å². The van der Waals surface area contributed by atoms with Crippen molar-refractivity contribution in [2.75, 3.05) is 20.8 Å². The number of amides is 1. The Hall–Kier alpha value is -3.02. The highest BCUT2D eigenvalue weighted by Gasteiger charge is 2.07. The summed E-state index contributed by atoms with van der Waals surface area (Å²) in [5, 5.41) is 3.92. The first-order chi connectivity index (χ1) is 11.6. The standard InChI is InChI=1S/C18H20N2O4/c1-13-6-4-8-15(10-13)24-12-17(21)20-19-11-14-7-5-9-16(22-2)18(14)23-3/h4-11H,12H2,1-3H3,(H,20,21). The summed E-state index contributed by atoms with van der Waals surface area (Å²) in [5.74, 6) is 1.43. The molecule has 6 nitrogen and oxygen atoms in total. The zero-order chi connectivity index (χ0) is 17.4. The second kappa shape index (κ2) is 8.57. The van der Waals surface area contributed by atoms with E-state index in [0.29, 0.717) is 22.8 Å². The monoisotopic (exact) mass is 328 g/mol. The molecule has 0 fully saturated rings. The average Bonchev–Trinajstić information content (AvgIpc) is 2.59. The average molecular weight is 328 g/mol. The molecule has 0 aliphatic heterocycles. The van der Waals surface area contributed by atoms with E-state index in [0.717, 1.165) is 5.56 Å². The lowest BCUT2D eigenvalue weighted by atomic mass is 10.2. The third-order valence-corrected chi connectivity index (χ3v) is 3.19. The van der Waals surface area contributed by atoms with Gasteiger partial charge in [0.2, 0.25) is 0 Å². The summed E-state index contributed by atoms with van der Waals surface area (Å²) in [7, 11) is 3.10. The first kappa shape index (κ1) is 17.3. The third kappa shape index (κ3) is 4.74. The molecule has 2 rings (SSSR count). The largest absolute Gasteiger partial charge is 0.493 e. The van der Waals surface area contributed by atoms with Gasteiger partial charge in [-0.3, -0.25) is 4.79 Å². The summed E-state index contributed by atoms with van der Waals surface area (Å²) in [6.45, 7) is 1.84. The Labute approximate surface area is 141 Å². The summed E-state index contributed by atoms with van der Waals surface area (Å²) < 4.78 is 15.9. The molecule has 0 spiro atoms. The Balaban J connectivity index is 1.91. The molecule has 0 radical (unpaired) electrons. The number of carbonyl (C=O) groups is 1. The van der Waals surface area contributed by atoms with Gasteiger partial charge >= 0.3 is 0 Å². The zero-order valence-corrected chi connectivity index (χ0v) is 13.9. The van der Waals surface area contributed by atoms with Gasteiger partial charge < -0.3 is 14.2 Å². The van der Waals surface area contributed by atoms with Crippen LogP contribution in [-0.4, -0.2) is 32.9 Å². The number of methoxy groups -OCH3 is 2. The van der Waals surface area contributed by atoms with Gasteiger partial charge in [0, 0.05) is 5.56 Å². The minimum Gasteiger partial charge on any atom is -0.493 e. The molecule has 6 heteroatoms. The molecule has 0 heterocycles. The molecule has 0 atom stereocenters. The number of benzene rings is 2. The highest BCUT2D eigenvalue weighted by atomic mass is 16.5. The predicted molar refractivity (Wildman–Crippen MR) is 92.0 cm³/mol. The number of nitrogens with zero attached hydrogens (tertiary/aromatic N) is 1. The summed E-state index contributed by atoms with van der Waals surface area (Å²) in [5.41, 5.74) is 4.17. The number of hydrogen-bond acceptors (Lipinski definition) is 5. The minimum atomic E-state index is -0.352. The van der Waals surface area contributed by atoms with Crippen molar-refractivity contribution < 1.29 is 19.0 Å². The molecule has 0 saturated carbocycles. The molecule has 0 saturated heterocycles. The van der Waals surface area contributed by atoms with Crippen molar-refractivity contribution in [1.82, 2.24) is 5.43 Å². The van der Waals surface area contributed by atoms with Crippen LogP contribution >= 0.6 is 0 Å². The van der Waals surface area contributed by atoms with Crippen LogP contribution in [0.3, 0.4) is 0 Å². The Morgan fingerprint density at radius 1 is 1.17 bits per heavy atom. The number of nitrogens with one attached hydrogen (secondary N) is 1. The van der Waals surface area contributed by atoms with Crippen LogP contribution in [0.2, 0.25) is 0 Å². The maximum absolute atomic E-state index is 11.8. The molecule has 0 aromatic heterocycles. The van der Waals surface area contributed by atoms with Crippen LogP contribution in [0.15, 0.2) is 47.6 Å². The Bertz CT molecular complexity index is 729. The zero-order valence-electron chi connectivity index (χ0n) is 13.9. The first-order valence-corrected chi connectivity index (χ1v) is 7.36. The molecule has 126 valence electrons. The molecule has 0 aliphatic rings. The number of carbonyl (C=O) groups excluding carboxylic acids is 1. The molecule has 0 unspecified atom stereocenters. The van der Waals surface area contributed by atoms with Gasteiger partial charge in [0.1, 0.15) is 5.75 Å². The van der Waals surface area contributed by atoms with Gasteiger partial charge in [-0.2, -0.15) is 5.10 Å². The van der Waals surface area contributed by atoms with Crippen molar-refractivity contribution in [3.63, 3.8) is 0 Å². The first-order valence-electron chi connectivity index (χ1n) is 7.36. The maximum atomic E-state index is 11.8. The van der Waals surface area contributed by atoms with E-state index in [1.165, 1.54) is 6.21 Å².